The Morgan fingerprint density at radius 2 is 1.69 bits per heavy atom. The zero-order valence-corrected chi connectivity index (χ0v) is 17.1. The molecule has 0 unspecified atom stereocenters. The van der Waals surface area contributed by atoms with E-state index in [0.717, 1.165) is 0 Å². The number of anilines is 2. The lowest BCUT2D eigenvalue weighted by molar-refractivity contribution is 0.102. The molecule has 2 N–H and O–H groups in total. The number of hydrogen-bond acceptors (Lipinski definition) is 4. The number of sulfonamides is 1. The summed E-state index contributed by atoms with van der Waals surface area (Å²) in [6.07, 6.45) is 0. The first-order valence-electron chi connectivity index (χ1n) is 8.80. The van der Waals surface area contributed by atoms with Crippen molar-refractivity contribution in [3.8, 4) is 5.75 Å². The van der Waals surface area contributed by atoms with Crippen LogP contribution in [0.4, 0.5) is 11.4 Å². The fraction of sp³-hybridized carbons (Fsp3) is 0.0952. The summed E-state index contributed by atoms with van der Waals surface area (Å²) in [4.78, 5) is 12.4. The molecule has 0 aliphatic carbocycles. The van der Waals surface area contributed by atoms with Gasteiger partial charge >= 0.3 is 0 Å². The number of rotatable bonds is 7. The molecule has 3 aromatic carbocycles. The first-order valence-corrected chi connectivity index (χ1v) is 10.7. The summed E-state index contributed by atoms with van der Waals surface area (Å²) in [6, 6.07) is 19.4. The number of carbonyl (C=O) groups is 1. The second-order valence-corrected chi connectivity index (χ2v) is 8.09. The largest absolute Gasteiger partial charge is 0.494 e. The Bertz CT molecular complexity index is 1120. The molecule has 0 bridgehead atoms. The van der Waals surface area contributed by atoms with E-state index in [2.05, 4.69) is 10.0 Å². The zero-order valence-electron chi connectivity index (χ0n) is 15.6. The van der Waals surface area contributed by atoms with Crippen molar-refractivity contribution in [3.63, 3.8) is 0 Å². The fourth-order valence-corrected chi connectivity index (χ4v) is 4.19. The molecule has 0 spiro atoms. The van der Waals surface area contributed by atoms with Gasteiger partial charge in [0.2, 0.25) is 0 Å². The molecule has 8 heteroatoms. The summed E-state index contributed by atoms with van der Waals surface area (Å²) < 4.78 is 33.3. The molecule has 0 atom stereocenters. The van der Waals surface area contributed by atoms with E-state index in [0.29, 0.717) is 23.7 Å². The topological polar surface area (TPSA) is 84.5 Å². The van der Waals surface area contributed by atoms with E-state index in [4.69, 9.17) is 16.3 Å². The van der Waals surface area contributed by atoms with Crippen LogP contribution in [-0.4, -0.2) is 20.9 Å². The lowest BCUT2D eigenvalue weighted by Crippen LogP contribution is -2.16. The van der Waals surface area contributed by atoms with Crippen LogP contribution in [0.25, 0.3) is 0 Å². The Hall–Kier alpha value is -3.03. The van der Waals surface area contributed by atoms with E-state index >= 15 is 0 Å². The van der Waals surface area contributed by atoms with Crippen LogP contribution in [-0.2, 0) is 10.0 Å². The van der Waals surface area contributed by atoms with Gasteiger partial charge in [0.25, 0.3) is 15.9 Å². The van der Waals surface area contributed by atoms with Gasteiger partial charge < -0.3 is 10.1 Å². The molecule has 0 fully saturated rings. The van der Waals surface area contributed by atoms with E-state index in [-0.39, 0.29) is 15.5 Å². The predicted octanol–water partition coefficient (Wildman–Crippen LogP) is 4.79. The highest BCUT2D eigenvalue weighted by Crippen LogP contribution is 2.26. The number of nitrogens with one attached hydrogen (secondary N) is 2. The van der Waals surface area contributed by atoms with Gasteiger partial charge in [0.05, 0.1) is 11.6 Å². The Morgan fingerprint density at radius 3 is 2.41 bits per heavy atom. The number of carbonyl (C=O) groups excluding carboxylic acids is 1. The number of para-hydroxylation sites is 1. The Labute approximate surface area is 174 Å². The van der Waals surface area contributed by atoms with Crippen LogP contribution < -0.4 is 14.8 Å². The fourth-order valence-electron chi connectivity index (χ4n) is 2.60. The molecule has 0 aliphatic rings. The van der Waals surface area contributed by atoms with Gasteiger partial charge in [-0.3, -0.25) is 9.52 Å². The third-order valence-electron chi connectivity index (χ3n) is 3.91. The van der Waals surface area contributed by atoms with E-state index in [9.17, 15) is 13.2 Å². The van der Waals surface area contributed by atoms with Gasteiger partial charge in [-0.05, 0) is 49.4 Å². The van der Waals surface area contributed by atoms with E-state index in [1.807, 2.05) is 6.92 Å². The van der Waals surface area contributed by atoms with Crippen LogP contribution >= 0.6 is 11.6 Å². The van der Waals surface area contributed by atoms with Crippen LogP contribution in [0, 0.1) is 0 Å². The molecule has 1 amide bonds. The normalized spacial score (nSPS) is 11.0. The lowest BCUT2D eigenvalue weighted by atomic mass is 10.2. The van der Waals surface area contributed by atoms with Crippen LogP contribution in [0.2, 0.25) is 5.02 Å². The monoisotopic (exact) mass is 430 g/mol. The summed E-state index contributed by atoms with van der Waals surface area (Å²) in [7, 11) is -3.97. The summed E-state index contributed by atoms with van der Waals surface area (Å²) in [5.74, 6) is 0.156. The van der Waals surface area contributed by atoms with Gasteiger partial charge in [-0.15, -0.1) is 0 Å². The highest BCUT2D eigenvalue weighted by Gasteiger charge is 2.20. The highest BCUT2D eigenvalue weighted by atomic mass is 35.5. The number of amides is 1. The maximum atomic E-state index is 12.7. The minimum absolute atomic E-state index is 0.0170. The number of hydrogen-bond donors (Lipinski definition) is 2. The standard InChI is InChI=1S/C21H19ClN2O4S/c1-2-28-18-10-6-9-17(14-18)23-21(25)15-11-12-19(22)20(13-15)29(26,27)24-16-7-4-3-5-8-16/h3-14,24H,2H2,1H3,(H,23,25). The van der Waals surface area contributed by atoms with Gasteiger partial charge in [0, 0.05) is 23.0 Å². The Balaban J connectivity index is 1.84. The van der Waals surface area contributed by atoms with Crippen molar-refractivity contribution < 1.29 is 17.9 Å². The Kier molecular flexibility index (Phi) is 6.41. The van der Waals surface area contributed by atoms with Crippen LogP contribution in [0.5, 0.6) is 5.75 Å². The van der Waals surface area contributed by atoms with E-state index < -0.39 is 15.9 Å². The Morgan fingerprint density at radius 1 is 0.966 bits per heavy atom. The van der Waals surface area contributed by atoms with Gasteiger partial charge in [0.1, 0.15) is 10.6 Å². The molecule has 0 saturated heterocycles. The molecule has 29 heavy (non-hydrogen) atoms. The molecule has 3 rings (SSSR count). The average molecular weight is 431 g/mol. The van der Waals surface area contributed by atoms with Crippen LogP contribution in [0.1, 0.15) is 17.3 Å². The quantitative estimate of drug-likeness (QED) is 0.564. The number of ether oxygens (including phenoxy) is 1. The molecule has 0 aromatic heterocycles. The number of halogens is 1. The van der Waals surface area contributed by atoms with Crippen molar-refractivity contribution >= 4 is 38.9 Å². The van der Waals surface area contributed by atoms with E-state index in [1.165, 1.54) is 18.2 Å². The number of benzene rings is 3. The van der Waals surface area contributed by atoms with Crippen LogP contribution in [0.15, 0.2) is 77.7 Å². The van der Waals surface area contributed by atoms with Crippen molar-refractivity contribution in [3.05, 3.63) is 83.4 Å². The minimum Gasteiger partial charge on any atom is -0.494 e. The average Bonchev–Trinajstić information content (AvgIpc) is 2.69. The van der Waals surface area contributed by atoms with Crippen molar-refractivity contribution in [1.29, 1.82) is 0 Å². The first-order chi connectivity index (χ1) is 13.9. The zero-order chi connectivity index (χ0) is 20.9. The smallest absolute Gasteiger partial charge is 0.263 e. The van der Waals surface area contributed by atoms with Crippen molar-refractivity contribution in [1.82, 2.24) is 0 Å². The maximum Gasteiger partial charge on any atom is 0.263 e. The molecular weight excluding hydrogens is 412 g/mol. The van der Waals surface area contributed by atoms with Crippen LogP contribution in [0.3, 0.4) is 0 Å². The molecule has 3 aromatic rings. The summed E-state index contributed by atoms with van der Waals surface area (Å²) in [6.45, 7) is 2.37. The minimum atomic E-state index is -3.97. The third kappa shape index (κ3) is 5.28. The van der Waals surface area contributed by atoms with Crippen molar-refractivity contribution in [2.45, 2.75) is 11.8 Å². The molecule has 0 radical (unpaired) electrons. The highest BCUT2D eigenvalue weighted by molar-refractivity contribution is 7.92. The lowest BCUT2D eigenvalue weighted by Gasteiger charge is -2.12. The maximum absolute atomic E-state index is 12.7. The summed E-state index contributed by atoms with van der Waals surface area (Å²) >= 11 is 6.10. The van der Waals surface area contributed by atoms with Gasteiger partial charge in [0.15, 0.2) is 0 Å². The van der Waals surface area contributed by atoms with Gasteiger partial charge in [-0.1, -0.05) is 35.9 Å². The van der Waals surface area contributed by atoms with Crippen molar-refractivity contribution in [2.75, 3.05) is 16.6 Å². The van der Waals surface area contributed by atoms with Crippen molar-refractivity contribution in [2.24, 2.45) is 0 Å². The van der Waals surface area contributed by atoms with E-state index in [1.54, 1.807) is 54.6 Å². The second kappa shape index (κ2) is 8.98. The molecule has 6 nitrogen and oxygen atoms in total. The molecule has 0 aliphatic heterocycles. The molecule has 0 saturated carbocycles. The summed E-state index contributed by atoms with van der Waals surface area (Å²) in [5, 5.41) is 2.74. The molecule has 150 valence electrons. The SMILES string of the molecule is CCOc1cccc(NC(=O)c2ccc(Cl)c(S(=O)(=O)Nc3ccccc3)c2)c1. The van der Waals surface area contributed by atoms with Gasteiger partial charge in [-0.25, -0.2) is 8.42 Å². The predicted molar refractivity (Wildman–Crippen MR) is 114 cm³/mol. The third-order valence-corrected chi connectivity index (χ3v) is 5.77. The molecule has 0 heterocycles. The summed E-state index contributed by atoms with van der Waals surface area (Å²) in [5.41, 5.74) is 1.08. The first kappa shape index (κ1) is 20.7. The second-order valence-electron chi connectivity index (χ2n) is 6.03. The molecular formula is C21H19ClN2O4S. The van der Waals surface area contributed by atoms with Gasteiger partial charge in [-0.2, -0.15) is 0 Å².